The van der Waals surface area contributed by atoms with E-state index >= 15 is 0 Å². The molecule has 0 N–H and O–H groups in total. The Labute approximate surface area is 224 Å². The summed E-state index contributed by atoms with van der Waals surface area (Å²) in [6, 6.07) is 11.6. The lowest BCUT2D eigenvalue weighted by Gasteiger charge is -2.25. The van der Waals surface area contributed by atoms with Gasteiger partial charge in [0.2, 0.25) is 0 Å². The van der Waals surface area contributed by atoms with Crippen molar-refractivity contribution in [3.8, 4) is 5.75 Å². The van der Waals surface area contributed by atoms with Gasteiger partial charge < -0.3 is 4.74 Å². The van der Waals surface area contributed by atoms with E-state index in [1.165, 1.54) is 24.2 Å². The van der Waals surface area contributed by atoms with Crippen LogP contribution in [-0.4, -0.2) is 22.6 Å². The summed E-state index contributed by atoms with van der Waals surface area (Å²) in [7, 11) is 0. The van der Waals surface area contributed by atoms with Crippen molar-refractivity contribution in [2.24, 2.45) is 5.92 Å². The maximum Gasteiger partial charge on any atom is 0.293 e. The van der Waals surface area contributed by atoms with Gasteiger partial charge in [0.25, 0.3) is 11.1 Å². The minimum Gasteiger partial charge on any atom is -0.487 e. The number of thioether (sulfide) groups is 1. The van der Waals surface area contributed by atoms with Crippen LogP contribution in [0.2, 0.25) is 5.02 Å². The fraction of sp³-hybridized carbons (Fsp3) is 0.333. The molecule has 4 rings (SSSR count). The third-order valence-electron chi connectivity index (χ3n) is 5.69. The van der Waals surface area contributed by atoms with E-state index in [-0.39, 0.29) is 11.1 Å². The number of hydrogen-bond donors (Lipinski definition) is 0. The monoisotopic (exact) mass is 693 g/mol. The average Bonchev–Trinajstić information content (AvgIpc) is 3.02. The summed E-state index contributed by atoms with van der Waals surface area (Å²) < 4.78 is 7.92. The van der Waals surface area contributed by atoms with Gasteiger partial charge in [0.1, 0.15) is 12.4 Å². The van der Waals surface area contributed by atoms with E-state index in [4.69, 9.17) is 16.3 Å². The molecule has 1 saturated heterocycles. The fourth-order valence-electron chi connectivity index (χ4n) is 4.00. The lowest BCUT2D eigenvalue weighted by molar-refractivity contribution is -0.123. The first-order valence-electron chi connectivity index (χ1n) is 10.5. The van der Waals surface area contributed by atoms with Crippen LogP contribution in [0.15, 0.2) is 41.3 Å². The highest BCUT2D eigenvalue weighted by atomic mass is 127. The Balaban J connectivity index is 1.47. The fourth-order valence-corrected chi connectivity index (χ4v) is 7.17. The highest BCUT2D eigenvalue weighted by Crippen LogP contribution is 2.36. The predicted molar refractivity (Wildman–Crippen MR) is 147 cm³/mol. The van der Waals surface area contributed by atoms with Crippen molar-refractivity contribution in [2.75, 3.05) is 6.54 Å². The molecule has 1 heterocycles. The number of benzene rings is 2. The first-order chi connectivity index (χ1) is 15.4. The molecule has 168 valence electrons. The maximum absolute atomic E-state index is 12.9. The van der Waals surface area contributed by atoms with Crippen LogP contribution in [0.3, 0.4) is 0 Å². The second-order valence-electron chi connectivity index (χ2n) is 7.99. The SMILES string of the molecule is O=C1S/C(=C/c2cc(I)c(OCc3ccccc3Cl)c(I)c2)C(=O)N1CC1CCCCC1. The third-order valence-corrected chi connectivity index (χ3v) is 8.57. The van der Waals surface area contributed by atoms with Crippen molar-refractivity contribution >= 4 is 85.8 Å². The van der Waals surface area contributed by atoms with E-state index in [9.17, 15) is 9.59 Å². The van der Waals surface area contributed by atoms with Gasteiger partial charge in [-0.25, -0.2) is 0 Å². The van der Waals surface area contributed by atoms with Gasteiger partial charge in [0.05, 0.1) is 12.0 Å². The number of imide groups is 1. The molecule has 0 bridgehead atoms. The van der Waals surface area contributed by atoms with E-state index in [0.717, 1.165) is 48.6 Å². The minimum atomic E-state index is -0.172. The Morgan fingerprint density at radius 1 is 1.09 bits per heavy atom. The van der Waals surface area contributed by atoms with Crippen molar-refractivity contribution in [2.45, 2.75) is 38.7 Å². The summed E-state index contributed by atoms with van der Waals surface area (Å²) in [5.41, 5.74) is 1.81. The van der Waals surface area contributed by atoms with Gasteiger partial charge in [-0.1, -0.05) is 49.1 Å². The lowest BCUT2D eigenvalue weighted by atomic mass is 9.89. The van der Waals surface area contributed by atoms with Crippen molar-refractivity contribution in [1.82, 2.24) is 4.90 Å². The zero-order valence-electron chi connectivity index (χ0n) is 17.3. The number of halogens is 3. The summed E-state index contributed by atoms with van der Waals surface area (Å²) >= 11 is 11.7. The van der Waals surface area contributed by atoms with Gasteiger partial charge in [0, 0.05) is 17.1 Å². The first-order valence-corrected chi connectivity index (χ1v) is 13.9. The minimum absolute atomic E-state index is 0.157. The first kappa shape index (κ1) is 24.3. The second kappa shape index (κ2) is 11.1. The van der Waals surface area contributed by atoms with Crippen LogP contribution in [0, 0.1) is 13.1 Å². The normalized spacial score (nSPS) is 18.6. The van der Waals surface area contributed by atoms with E-state index in [1.54, 1.807) is 0 Å². The van der Waals surface area contributed by atoms with Crippen LogP contribution in [-0.2, 0) is 11.4 Å². The molecule has 0 radical (unpaired) electrons. The summed E-state index contributed by atoms with van der Waals surface area (Å²) in [4.78, 5) is 27.3. The van der Waals surface area contributed by atoms with Crippen LogP contribution < -0.4 is 4.74 Å². The number of carbonyl (C=O) groups excluding carboxylic acids is 2. The van der Waals surface area contributed by atoms with Gasteiger partial charge in [0.15, 0.2) is 0 Å². The quantitative estimate of drug-likeness (QED) is 0.230. The van der Waals surface area contributed by atoms with E-state index in [2.05, 4.69) is 45.2 Å². The molecule has 8 heteroatoms. The molecule has 0 spiro atoms. The van der Waals surface area contributed by atoms with Gasteiger partial charge in [-0.3, -0.25) is 14.5 Å². The lowest BCUT2D eigenvalue weighted by Crippen LogP contribution is -2.34. The topological polar surface area (TPSA) is 46.6 Å². The molecular weight excluding hydrogens is 672 g/mol. The Hall–Kier alpha value is -0.780. The van der Waals surface area contributed by atoms with Gasteiger partial charge in [-0.15, -0.1) is 0 Å². The Kier molecular flexibility index (Phi) is 8.44. The van der Waals surface area contributed by atoms with Crippen LogP contribution in [0.5, 0.6) is 5.75 Å². The molecule has 32 heavy (non-hydrogen) atoms. The summed E-state index contributed by atoms with van der Waals surface area (Å²) in [5.74, 6) is 1.05. The molecule has 2 aromatic carbocycles. The second-order valence-corrected chi connectivity index (χ2v) is 11.7. The van der Waals surface area contributed by atoms with Crippen LogP contribution in [0.1, 0.15) is 43.2 Å². The molecule has 2 aliphatic rings. The average molecular weight is 694 g/mol. The van der Waals surface area contributed by atoms with Gasteiger partial charge in [-0.05, 0) is 106 Å². The molecule has 4 nitrogen and oxygen atoms in total. The van der Waals surface area contributed by atoms with Gasteiger partial charge in [-0.2, -0.15) is 0 Å². The predicted octanol–water partition coefficient (Wildman–Crippen LogP) is 7.74. The molecule has 1 aliphatic heterocycles. The Morgan fingerprint density at radius 3 is 2.47 bits per heavy atom. The highest BCUT2D eigenvalue weighted by Gasteiger charge is 2.36. The zero-order chi connectivity index (χ0) is 22.7. The number of amides is 2. The summed E-state index contributed by atoms with van der Waals surface area (Å²) in [6.07, 6.45) is 7.66. The summed E-state index contributed by atoms with van der Waals surface area (Å²) in [6.45, 7) is 0.928. The highest BCUT2D eigenvalue weighted by molar-refractivity contribution is 14.1. The molecular formula is C24H22ClI2NO3S. The number of rotatable bonds is 6. The summed E-state index contributed by atoms with van der Waals surface area (Å²) in [5, 5.41) is 0.522. The molecule has 0 unspecified atom stereocenters. The Morgan fingerprint density at radius 2 is 1.78 bits per heavy atom. The molecule has 1 aliphatic carbocycles. The van der Waals surface area contributed by atoms with Crippen LogP contribution in [0.25, 0.3) is 6.08 Å². The maximum atomic E-state index is 12.9. The Bertz CT molecular complexity index is 1050. The van der Waals surface area contributed by atoms with Gasteiger partial charge >= 0.3 is 0 Å². The molecule has 0 aromatic heterocycles. The standard InChI is InChI=1S/C24H22ClI2NO3S/c25-18-9-5-4-8-17(18)14-31-22-19(26)10-16(11-20(22)27)12-21-23(29)28(24(30)32-21)13-15-6-2-1-3-7-15/h4-5,8-12,15H,1-3,6-7,13-14H2/b21-12+. The van der Waals surface area contributed by atoms with E-state index in [1.807, 2.05) is 42.5 Å². The van der Waals surface area contributed by atoms with Crippen LogP contribution >= 0.6 is 68.5 Å². The van der Waals surface area contributed by atoms with Crippen molar-refractivity contribution in [3.05, 3.63) is 64.6 Å². The number of nitrogens with zero attached hydrogens (tertiary/aromatic N) is 1. The number of ether oxygens (including phenoxy) is 1. The van der Waals surface area contributed by atoms with E-state index < -0.39 is 0 Å². The van der Waals surface area contributed by atoms with E-state index in [0.29, 0.717) is 29.0 Å². The molecule has 0 atom stereocenters. The van der Waals surface area contributed by atoms with Crippen molar-refractivity contribution in [1.29, 1.82) is 0 Å². The van der Waals surface area contributed by atoms with Crippen LogP contribution in [0.4, 0.5) is 4.79 Å². The molecule has 2 aromatic rings. The smallest absolute Gasteiger partial charge is 0.293 e. The number of hydrogen-bond acceptors (Lipinski definition) is 4. The van der Waals surface area contributed by atoms with Crippen molar-refractivity contribution < 1.29 is 14.3 Å². The molecule has 2 amide bonds. The van der Waals surface area contributed by atoms with Crippen molar-refractivity contribution in [3.63, 3.8) is 0 Å². The third kappa shape index (κ3) is 5.82. The zero-order valence-corrected chi connectivity index (χ0v) is 23.2. The largest absolute Gasteiger partial charge is 0.487 e. The molecule has 1 saturated carbocycles. The molecule has 2 fully saturated rings. The number of carbonyl (C=O) groups is 2.